The van der Waals surface area contributed by atoms with Gasteiger partial charge in [0.05, 0.1) is 12.1 Å². The van der Waals surface area contributed by atoms with Gasteiger partial charge in [0.15, 0.2) is 0 Å². The first-order valence-electron chi connectivity index (χ1n) is 6.40. The van der Waals surface area contributed by atoms with Crippen molar-refractivity contribution in [1.82, 2.24) is 4.57 Å². The summed E-state index contributed by atoms with van der Waals surface area (Å²) in [7, 11) is 0. The number of nitrogens with zero attached hydrogens (tertiary/aromatic N) is 1. The van der Waals surface area contributed by atoms with Crippen LogP contribution in [0.15, 0.2) is 48.7 Å². The summed E-state index contributed by atoms with van der Waals surface area (Å²) in [4.78, 5) is 0. The number of nitrogens with two attached hydrogens (primary N) is 1. The molecule has 3 aromatic rings. The fourth-order valence-corrected chi connectivity index (χ4v) is 2.68. The Balaban J connectivity index is 2.09. The van der Waals surface area contributed by atoms with Gasteiger partial charge in [-0.2, -0.15) is 0 Å². The molecule has 4 heteroatoms. The molecule has 0 saturated carbocycles. The third-order valence-corrected chi connectivity index (χ3v) is 3.68. The first-order valence-corrected chi connectivity index (χ1v) is 6.77. The molecular weight excluding hydrogens is 275 g/mol. The maximum atomic E-state index is 13.8. The number of benzene rings is 2. The molecule has 2 aromatic carbocycles. The molecule has 102 valence electrons. The lowest BCUT2D eigenvalue weighted by Gasteiger charge is -2.10. The van der Waals surface area contributed by atoms with Crippen molar-refractivity contribution in [1.29, 1.82) is 0 Å². The van der Waals surface area contributed by atoms with E-state index in [1.54, 1.807) is 12.1 Å². The Hall–Kier alpha value is -1.84. The predicted molar refractivity (Wildman–Crippen MR) is 80.3 cm³/mol. The molecule has 0 spiro atoms. The van der Waals surface area contributed by atoms with E-state index in [4.69, 9.17) is 17.3 Å². The highest BCUT2D eigenvalue weighted by Gasteiger charge is 2.09. The van der Waals surface area contributed by atoms with Gasteiger partial charge < -0.3 is 10.3 Å². The zero-order chi connectivity index (χ0) is 14.1. The number of aromatic nitrogens is 1. The largest absolute Gasteiger partial charge is 0.343 e. The Morgan fingerprint density at radius 1 is 1.10 bits per heavy atom. The Kier molecular flexibility index (Phi) is 3.47. The van der Waals surface area contributed by atoms with Gasteiger partial charge in [-0.05, 0) is 35.2 Å². The molecule has 2 nitrogen and oxygen atoms in total. The SMILES string of the molecule is NCc1cccc2ccn(Cc3cc(Cl)ccc3F)c12. The molecule has 0 aliphatic carbocycles. The molecule has 0 atom stereocenters. The highest BCUT2D eigenvalue weighted by atomic mass is 35.5. The number of fused-ring (bicyclic) bond motifs is 1. The fourth-order valence-electron chi connectivity index (χ4n) is 2.49. The lowest BCUT2D eigenvalue weighted by molar-refractivity contribution is 0.602. The summed E-state index contributed by atoms with van der Waals surface area (Å²) in [5, 5.41) is 1.65. The van der Waals surface area contributed by atoms with Crippen LogP contribution in [0.2, 0.25) is 5.02 Å². The van der Waals surface area contributed by atoms with E-state index in [2.05, 4.69) is 0 Å². The number of rotatable bonds is 3. The molecule has 0 amide bonds. The summed E-state index contributed by atoms with van der Waals surface area (Å²) in [6, 6.07) is 12.6. The summed E-state index contributed by atoms with van der Waals surface area (Å²) in [5.74, 6) is -0.249. The van der Waals surface area contributed by atoms with Gasteiger partial charge >= 0.3 is 0 Å². The lowest BCUT2D eigenvalue weighted by atomic mass is 10.1. The number of hydrogen-bond donors (Lipinski definition) is 1. The maximum absolute atomic E-state index is 13.8. The first-order chi connectivity index (χ1) is 9.69. The molecule has 3 rings (SSSR count). The van der Waals surface area contributed by atoms with Crippen LogP contribution in [-0.4, -0.2) is 4.57 Å². The van der Waals surface area contributed by atoms with Gasteiger partial charge in [0.2, 0.25) is 0 Å². The van der Waals surface area contributed by atoms with E-state index in [0.717, 1.165) is 16.5 Å². The van der Waals surface area contributed by atoms with Crippen molar-refractivity contribution in [3.8, 4) is 0 Å². The zero-order valence-corrected chi connectivity index (χ0v) is 11.6. The molecule has 0 unspecified atom stereocenters. The van der Waals surface area contributed by atoms with Crippen LogP contribution in [0, 0.1) is 5.82 Å². The molecule has 1 heterocycles. The lowest BCUT2D eigenvalue weighted by Crippen LogP contribution is -2.04. The van der Waals surface area contributed by atoms with Crippen LogP contribution >= 0.6 is 11.6 Å². The Bertz CT molecular complexity index is 764. The van der Waals surface area contributed by atoms with E-state index in [1.165, 1.54) is 6.07 Å². The highest BCUT2D eigenvalue weighted by molar-refractivity contribution is 6.30. The summed E-state index contributed by atoms with van der Waals surface area (Å²) in [6.45, 7) is 0.895. The Morgan fingerprint density at radius 3 is 2.75 bits per heavy atom. The van der Waals surface area contributed by atoms with Gasteiger partial charge in [-0.25, -0.2) is 4.39 Å². The third-order valence-electron chi connectivity index (χ3n) is 3.44. The minimum absolute atomic E-state index is 0.249. The van der Waals surface area contributed by atoms with Crippen LogP contribution < -0.4 is 5.73 Å². The highest BCUT2D eigenvalue weighted by Crippen LogP contribution is 2.23. The van der Waals surface area contributed by atoms with Gasteiger partial charge in [-0.1, -0.05) is 29.8 Å². The monoisotopic (exact) mass is 288 g/mol. The van der Waals surface area contributed by atoms with Crippen LogP contribution in [0.3, 0.4) is 0 Å². The Morgan fingerprint density at radius 2 is 1.95 bits per heavy atom. The molecule has 0 saturated heterocycles. The van der Waals surface area contributed by atoms with E-state index >= 15 is 0 Å². The second-order valence-electron chi connectivity index (χ2n) is 4.74. The molecule has 0 bridgehead atoms. The van der Waals surface area contributed by atoms with Crippen LogP contribution in [0.1, 0.15) is 11.1 Å². The quantitative estimate of drug-likeness (QED) is 0.777. The van der Waals surface area contributed by atoms with Gasteiger partial charge in [-0.15, -0.1) is 0 Å². The molecule has 0 aliphatic heterocycles. The van der Waals surface area contributed by atoms with Crippen LogP contribution in [-0.2, 0) is 13.1 Å². The van der Waals surface area contributed by atoms with Gasteiger partial charge in [-0.3, -0.25) is 0 Å². The summed E-state index contributed by atoms with van der Waals surface area (Å²) < 4.78 is 15.9. The first kappa shape index (κ1) is 13.2. The maximum Gasteiger partial charge on any atom is 0.128 e. The van der Waals surface area contributed by atoms with Gasteiger partial charge in [0, 0.05) is 23.3 Å². The van der Waals surface area contributed by atoms with Gasteiger partial charge in [0.1, 0.15) is 5.82 Å². The van der Waals surface area contributed by atoms with Crippen molar-refractivity contribution in [2.45, 2.75) is 13.1 Å². The minimum Gasteiger partial charge on any atom is -0.343 e. The molecule has 1 aromatic heterocycles. The molecule has 0 fully saturated rings. The average molecular weight is 289 g/mol. The molecule has 0 aliphatic rings. The van der Waals surface area contributed by atoms with E-state index in [1.807, 2.05) is 35.0 Å². The summed E-state index contributed by atoms with van der Waals surface area (Å²) in [5.41, 5.74) is 8.46. The predicted octanol–water partition coefficient (Wildman–Crippen LogP) is 3.94. The second kappa shape index (κ2) is 5.27. The number of hydrogen-bond acceptors (Lipinski definition) is 1. The molecule has 2 N–H and O–H groups in total. The van der Waals surface area contributed by atoms with Crippen molar-refractivity contribution in [2.75, 3.05) is 0 Å². The molecule has 20 heavy (non-hydrogen) atoms. The number of para-hydroxylation sites is 1. The zero-order valence-electron chi connectivity index (χ0n) is 10.8. The standard InChI is InChI=1S/C16H14ClFN2/c17-14-4-5-15(18)13(8-14)10-20-7-6-11-2-1-3-12(9-19)16(11)20/h1-8H,9-10,19H2. The Labute approximate surface area is 121 Å². The number of halogens is 2. The van der Waals surface area contributed by atoms with E-state index in [9.17, 15) is 4.39 Å². The van der Waals surface area contributed by atoms with Crippen LogP contribution in [0.5, 0.6) is 0 Å². The van der Waals surface area contributed by atoms with Crippen molar-refractivity contribution >= 4 is 22.5 Å². The summed E-state index contributed by atoms with van der Waals surface area (Å²) >= 11 is 5.94. The average Bonchev–Trinajstić information content (AvgIpc) is 2.86. The van der Waals surface area contributed by atoms with Crippen LogP contribution in [0.4, 0.5) is 4.39 Å². The minimum atomic E-state index is -0.249. The van der Waals surface area contributed by atoms with E-state index < -0.39 is 0 Å². The van der Waals surface area contributed by atoms with E-state index in [-0.39, 0.29) is 5.82 Å². The van der Waals surface area contributed by atoms with Crippen molar-refractivity contribution in [2.24, 2.45) is 5.73 Å². The van der Waals surface area contributed by atoms with Gasteiger partial charge in [0.25, 0.3) is 0 Å². The van der Waals surface area contributed by atoms with Crippen molar-refractivity contribution in [3.63, 3.8) is 0 Å². The molecule has 0 radical (unpaired) electrons. The van der Waals surface area contributed by atoms with Crippen molar-refractivity contribution < 1.29 is 4.39 Å². The smallest absolute Gasteiger partial charge is 0.128 e. The summed E-state index contributed by atoms with van der Waals surface area (Å²) in [6.07, 6.45) is 1.95. The normalized spacial score (nSPS) is 11.2. The fraction of sp³-hybridized carbons (Fsp3) is 0.125. The van der Waals surface area contributed by atoms with Crippen molar-refractivity contribution in [3.05, 3.63) is 70.6 Å². The van der Waals surface area contributed by atoms with Crippen LogP contribution in [0.25, 0.3) is 10.9 Å². The second-order valence-corrected chi connectivity index (χ2v) is 5.17. The molecular formula is C16H14ClFN2. The topological polar surface area (TPSA) is 30.9 Å². The van der Waals surface area contributed by atoms with E-state index in [0.29, 0.717) is 23.7 Å². The third kappa shape index (κ3) is 2.30.